The summed E-state index contributed by atoms with van der Waals surface area (Å²) in [5.41, 5.74) is 1.99. The summed E-state index contributed by atoms with van der Waals surface area (Å²) in [5, 5.41) is 9.07. The van der Waals surface area contributed by atoms with Crippen molar-refractivity contribution in [1.29, 1.82) is 0 Å². The Balaban J connectivity index is 1.50. The maximum Gasteiger partial charge on any atom is 0.117 e. The first kappa shape index (κ1) is 15.1. The van der Waals surface area contributed by atoms with E-state index in [1.54, 1.807) is 11.1 Å². The van der Waals surface area contributed by atoms with Crippen molar-refractivity contribution in [1.82, 2.24) is 19.9 Å². The van der Waals surface area contributed by atoms with Crippen molar-refractivity contribution >= 4 is 0 Å². The van der Waals surface area contributed by atoms with Gasteiger partial charge in [0.15, 0.2) is 0 Å². The largest absolute Gasteiger partial charge is 0.468 e. The van der Waals surface area contributed by atoms with E-state index >= 15 is 0 Å². The van der Waals surface area contributed by atoms with E-state index < -0.39 is 0 Å². The van der Waals surface area contributed by atoms with Gasteiger partial charge in [-0.2, -0.15) is 15.0 Å². The Morgan fingerprint density at radius 2 is 1.88 bits per heavy atom. The van der Waals surface area contributed by atoms with Gasteiger partial charge in [-0.1, -0.05) is 31.0 Å². The van der Waals surface area contributed by atoms with Crippen LogP contribution in [0.4, 0.5) is 0 Å². The Bertz CT molecular complexity index is 745. The molecule has 5 heteroatoms. The number of furan rings is 1. The smallest absolute Gasteiger partial charge is 0.117 e. The first-order chi connectivity index (χ1) is 11.9. The van der Waals surface area contributed by atoms with Gasteiger partial charge in [-0.15, -0.1) is 0 Å². The van der Waals surface area contributed by atoms with Crippen LogP contribution in [0.1, 0.15) is 37.1 Å². The predicted molar refractivity (Wildman–Crippen MR) is 91.6 cm³/mol. The maximum absolute atomic E-state index is 5.55. The van der Waals surface area contributed by atoms with Crippen LogP contribution in [0.2, 0.25) is 0 Å². The Kier molecular flexibility index (Phi) is 4.42. The van der Waals surface area contributed by atoms with Crippen molar-refractivity contribution in [2.45, 2.75) is 44.8 Å². The number of rotatable bonds is 6. The lowest BCUT2D eigenvalue weighted by atomic mass is 10.2. The minimum Gasteiger partial charge on any atom is -0.468 e. The van der Waals surface area contributed by atoms with Crippen LogP contribution in [-0.4, -0.2) is 25.9 Å². The zero-order chi connectivity index (χ0) is 16.2. The van der Waals surface area contributed by atoms with Crippen molar-refractivity contribution in [2.24, 2.45) is 0 Å². The lowest BCUT2D eigenvalue weighted by Crippen LogP contribution is -2.32. The monoisotopic (exact) mass is 322 g/mol. The van der Waals surface area contributed by atoms with Crippen LogP contribution in [0.15, 0.2) is 59.3 Å². The summed E-state index contributed by atoms with van der Waals surface area (Å²) in [4.78, 5) is 4.18. The minimum atomic E-state index is 0.608. The second-order valence-corrected chi connectivity index (χ2v) is 6.38. The molecule has 2 aromatic heterocycles. The molecule has 2 heterocycles. The van der Waals surface area contributed by atoms with E-state index in [1.165, 1.54) is 25.7 Å². The second-order valence-electron chi connectivity index (χ2n) is 6.38. The molecule has 1 fully saturated rings. The van der Waals surface area contributed by atoms with Crippen molar-refractivity contribution in [3.05, 3.63) is 66.4 Å². The molecule has 0 saturated heterocycles. The quantitative estimate of drug-likeness (QED) is 0.692. The zero-order valence-electron chi connectivity index (χ0n) is 13.7. The van der Waals surface area contributed by atoms with E-state index in [1.807, 2.05) is 48.7 Å². The van der Waals surface area contributed by atoms with Gasteiger partial charge in [0.05, 0.1) is 30.4 Å². The van der Waals surface area contributed by atoms with E-state index in [-0.39, 0.29) is 0 Å². The summed E-state index contributed by atoms with van der Waals surface area (Å²) in [7, 11) is 0. The van der Waals surface area contributed by atoms with Crippen molar-refractivity contribution in [3.8, 4) is 5.69 Å². The second kappa shape index (κ2) is 7.01. The molecule has 0 N–H and O–H groups in total. The molecule has 1 aliphatic carbocycles. The summed E-state index contributed by atoms with van der Waals surface area (Å²) in [6, 6.07) is 14.6. The topological polar surface area (TPSA) is 47.1 Å². The summed E-state index contributed by atoms with van der Waals surface area (Å²) >= 11 is 0. The molecule has 0 unspecified atom stereocenters. The molecule has 0 bridgehead atoms. The molecule has 24 heavy (non-hydrogen) atoms. The first-order valence-corrected chi connectivity index (χ1v) is 8.61. The van der Waals surface area contributed by atoms with Crippen LogP contribution in [0.25, 0.3) is 5.69 Å². The highest BCUT2D eigenvalue weighted by Crippen LogP contribution is 2.26. The van der Waals surface area contributed by atoms with Gasteiger partial charge in [0.25, 0.3) is 0 Å². The molecular weight excluding hydrogens is 300 g/mol. The molecule has 1 aromatic carbocycles. The third-order valence-electron chi connectivity index (χ3n) is 4.67. The minimum absolute atomic E-state index is 0.608. The van der Waals surface area contributed by atoms with Crippen LogP contribution in [0.3, 0.4) is 0 Å². The van der Waals surface area contributed by atoms with Gasteiger partial charge in [-0.3, -0.25) is 4.90 Å². The molecule has 4 rings (SSSR count). The summed E-state index contributed by atoms with van der Waals surface area (Å²) in [5.74, 6) is 1.01. The van der Waals surface area contributed by atoms with E-state index in [2.05, 4.69) is 15.1 Å². The fraction of sp³-hybridized carbons (Fsp3) is 0.368. The van der Waals surface area contributed by atoms with E-state index in [4.69, 9.17) is 4.42 Å². The molecule has 124 valence electrons. The van der Waals surface area contributed by atoms with E-state index in [0.29, 0.717) is 6.04 Å². The first-order valence-electron chi connectivity index (χ1n) is 8.61. The average Bonchev–Trinajstić information content (AvgIpc) is 3.38. The fourth-order valence-corrected chi connectivity index (χ4v) is 3.45. The molecule has 3 aromatic rings. The number of hydrogen-bond donors (Lipinski definition) is 0. The molecule has 1 saturated carbocycles. The van der Waals surface area contributed by atoms with Crippen LogP contribution in [0.5, 0.6) is 0 Å². The SMILES string of the molecule is c1ccc(-n2ncc(CN(Cc3ccco3)C3CCCC3)n2)cc1. The summed E-state index contributed by atoms with van der Waals surface area (Å²) < 4.78 is 5.55. The van der Waals surface area contributed by atoms with E-state index in [9.17, 15) is 0 Å². The number of hydrogen-bond acceptors (Lipinski definition) is 4. The van der Waals surface area contributed by atoms with Crippen LogP contribution in [-0.2, 0) is 13.1 Å². The molecule has 1 aliphatic rings. The van der Waals surface area contributed by atoms with Gasteiger partial charge < -0.3 is 4.42 Å². The third kappa shape index (κ3) is 3.41. The normalized spacial score (nSPS) is 15.4. The highest BCUT2D eigenvalue weighted by molar-refractivity contribution is 5.28. The highest BCUT2D eigenvalue weighted by Gasteiger charge is 2.24. The molecule has 0 amide bonds. The van der Waals surface area contributed by atoms with Gasteiger partial charge >= 0.3 is 0 Å². The molecule has 0 aliphatic heterocycles. The average molecular weight is 322 g/mol. The van der Waals surface area contributed by atoms with Gasteiger partial charge in [-0.05, 0) is 37.1 Å². The number of nitrogens with zero attached hydrogens (tertiary/aromatic N) is 4. The Labute approximate surface area is 141 Å². The number of para-hydroxylation sites is 1. The summed E-state index contributed by atoms with van der Waals surface area (Å²) in [6.07, 6.45) is 8.76. The Morgan fingerprint density at radius 1 is 1.04 bits per heavy atom. The summed E-state index contributed by atoms with van der Waals surface area (Å²) in [6.45, 7) is 1.63. The molecule has 0 atom stereocenters. The lowest BCUT2D eigenvalue weighted by molar-refractivity contribution is 0.164. The Morgan fingerprint density at radius 3 is 2.62 bits per heavy atom. The maximum atomic E-state index is 5.55. The van der Waals surface area contributed by atoms with Gasteiger partial charge in [0.1, 0.15) is 5.76 Å². The van der Waals surface area contributed by atoms with Crippen molar-refractivity contribution in [3.63, 3.8) is 0 Å². The van der Waals surface area contributed by atoms with Crippen molar-refractivity contribution < 1.29 is 4.42 Å². The van der Waals surface area contributed by atoms with Crippen LogP contribution < -0.4 is 0 Å². The number of benzene rings is 1. The standard InChI is InChI=1S/C19H22N4O/c1-2-9-18(10-3-1)23-20-13-16(21-23)14-22(17-7-4-5-8-17)15-19-11-6-12-24-19/h1-3,6,9-13,17H,4-5,7-8,14-15H2. The molecular formula is C19H22N4O. The van der Waals surface area contributed by atoms with Gasteiger partial charge in [0.2, 0.25) is 0 Å². The Hall–Kier alpha value is -2.40. The fourth-order valence-electron chi connectivity index (χ4n) is 3.45. The molecule has 0 spiro atoms. The van der Waals surface area contributed by atoms with Crippen molar-refractivity contribution in [2.75, 3.05) is 0 Å². The van der Waals surface area contributed by atoms with Crippen LogP contribution in [0, 0.1) is 0 Å². The molecule has 5 nitrogen and oxygen atoms in total. The highest BCUT2D eigenvalue weighted by atomic mass is 16.3. The third-order valence-corrected chi connectivity index (χ3v) is 4.67. The lowest BCUT2D eigenvalue weighted by Gasteiger charge is -2.26. The van der Waals surface area contributed by atoms with Gasteiger partial charge in [-0.25, -0.2) is 0 Å². The van der Waals surface area contributed by atoms with E-state index in [0.717, 1.165) is 30.2 Å². The predicted octanol–water partition coefficient (Wildman–Crippen LogP) is 3.81. The molecule has 0 radical (unpaired) electrons. The van der Waals surface area contributed by atoms with Gasteiger partial charge in [0, 0.05) is 12.6 Å². The number of aromatic nitrogens is 3. The zero-order valence-corrected chi connectivity index (χ0v) is 13.7. The van der Waals surface area contributed by atoms with Crippen LogP contribution >= 0.6 is 0 Å².